The summed E-state index contributed by atoms with van der Waals surface area (Å²) in [6.45, 7) is 0. The van der Waals surface area contributed by atoms with Crippen molar-refractivity contribution in [2.75, 3.05) is 0 Å². The van der Waals surface area contributed by atoms with Crippen molar-refractivity contribution in [3.8, 4) is 33.9 Å². The highest BCUT2D eigenvalue weighted by atomic mass is 32.1. The van der Waals surface area contributed by atoms with Gasteiger partial charge in [0.05, 0.1) is 12.1 Å². The van der Waals surface area contributed by atoms with Gasteiger partial charge in [-0.1, -0.05) is 97.1 Å². The average Bonchev–Trinajstić information content (AvgIpc) is 3.28. The second-order valence-corrected chi connectivity index (χ2v) is 11.2. The number of fused-ring (bicyclic) bond motifs is 9. The van der Waals surface area contributed by atoms with E-state index in [1.807, 2.05) is 29.7 Å². The van der Waals surface area contributed by atoms with Crippen LogP contribution in [-0.2, 0) is 0 Å². The molecule has 4 heteroatoms. The van der Waals surface area contributed by atoms with Crippen LogP contribution in [0.1, 0.15) is 22.9 Å². The van der Waals surface area contributed by atoms with Crippen LogP contribution in [0.4, 0.5) is 0 Å². The largest absolute Gasteiger partial charge is 0.453 e. The molecule has 39 heavy (non-hydrogen) atoms. The Balaban J connectivity index is 1.33. The number of allylic oxidation sites excluding steroid dienone is 1. The number of hydrogen-bond acceptors (Lipinski definition) is 4. The van der Waals surface area contributed by atoms with Crippen LogP contribution in [0.3, 0.4) is 0 Å². The first-order valence-electron chi connectivity index (χ1n) is 13.1. The van der Waals surface area contributed by atoms with Crippen molar-refractivity contribution >= 4 is 48.4 Å². The summed E-state index contributed by atoms with van der Waals surface area (Å²) in [5.74, 6) is 2.23. The molecule has 1 aliphatic carbocycles. The molecule has 3 nitrogen and oxygen atoms in total. The van der Waals surface area contributed by atoms with Gasteiger partial charge in [-0.15, -0.1) is 11.3 Å². The summed E-state index contributed by atoms with van der Waals surface area (Å²) < 4.78 is 8.90. The lowest BCUT2D eigenvalue weighted by Gasteiger charge is -2.22. The molecule has 0 radical (unpaired) electrons. The Labute approximate surface area is 228 Å². The van der Waals surface area contributed by atoms with Gasteiger partial charge < -0.3 is 4.74 Å². The molecule has 1 unspecified atom stereocenters. The molecular weight excluding hydrogens is 496 g/mol. The van der Waals surface area contributed by atoms with Crippen LogP contribution in [0, 0.1) is 0 Å². The summed E-state index contributed by atoms with van der Waals surface area (Å²) in [6, 6.07) is 34.4. The van der Waals surface area contributed by atoms with Crippen molar-refractivity contribution in [3.05, 3.63) is 126 Å². The van der Waals surface area contributed by atoms with E-state index in [9.17, 15) is 0 Å². The van der Waals surface area contributed by atoms with E-state index < -0.39 is 0 Å². The minimum absolute atomic E-state index is 0.106. The molecule has 0 spiro atoms. The smallest absolute Gasteiger partial charge is 0.172 e. The zero-order valence-electron chi connectivity index (χ0n) is 20.8. The van der Waals surface area contributed by atoms with E-state index in [-0.39, 0.29) is 5.92 Å². The number of aromatic nitrogens is 2. The molecule has 2 aliphatic rings. The van der Waals surface area contributed by atoms with E-state index in [4.69, 9.17) is 14.7 Å². The van der Waals surface area contributed by atoms with Gasteiger partial charge in [-0.3, -0.25) is 0 Å². The third-order valence-electron chi connectivity index (χ3n) is 8.01. The molecule has 2 aromatic heterocycles. The van der Waals surface area contributed by atoms with Crippen molar-refractivity contribution in [1.82, 2.24) is 9.97 Å². The third-order valence-corrected chi connectivity index (χ3v) is 9.23. The minimum Gasteiger partial charge on any atom is -0.453 e. The van der Waals surface area contributed by atoms with Crippen LogP contribution in [0.15, 0.2) is 109 Å². The maximum Gasteiger partial charge on any atom is 0.172 e. The monoisotopic (exact) mass is 516 g/mol. The molecule has 3 heterocycles. The topological polar surface area (TPSA) is 35.0 Å². The molecular formula is C35H20N2OS. The number of hydrogen-bond donors (Lipinski definition) is 0. The number of benzene rings is 5. The first-order valence-corrected chi connectivity index (χ1v) is 13.9. The maximum atomic E-state index is 6.31. The Morgan fingerprint density at radius 1 is 0.692 bits per heavy atom. The third kappa shape index (κ3) is 2.98. The second-order valence-electron chi connectivity index (χ2n) is 10.1. The van der Waals surface area contributed by atoms with Crippen molar-refractivity contribution < 1.29 is 4.74 Å². The maximum absolute atomic E-state index is 6.31. The first-order chi connectivity index (χ1) is 19.3. The van der Waals surface area contributed by atoms with E-state index in [1.165, 1.54) is 42.4 Å². The molecule has 9 rings (SSSR count). The Morgan fingerprint density at radius 2 is 1.54 bits per heavy atom. The second kappa shape index (κ2) is 7.85. The van der Waals surface area contributed by atoms with Crippen molar-refractivity contribution in [2.45, 2.75) is 5.92 Å². The molecule has 0 saturated heterocycles. The summed E-state index contributed by atoms with van der Waals surface area (Å²) in [7, 11) is 0. The highest BCUT2D eigenvalue weighted by Gasteiger charge is 2.29. The average molecular weight is 517 g/mol. The lowest BCUT2D eigenvalue weighted by molar-refractivity contribution is 0.480. The summed E-state index contributed by atoms with van der Waals surface area (Å²) >= 11 is 1.86. The molecule has 182 valence electrons. The van der Waals surface area contributed by atoms with E-state index >= 15 is 0 Å². The predicted octanol–water partition coefficient (Wildman–Crippen LogP) is 9.60. The van der Waals surface area contributed by atoms with Gasteiger partial charge in [-0.05, 0) is 39.8 Å². The summed E-state index contributed by atoms with van der Waals surface area (Å²) in [5, 5.41) is 4.84. The fourth-order valence-corrected chi connectivity index (χ4v) is 7.55. The Bertz CT molecular complexity index is 2170. The minimum atomic E-state index is -0.106. The van der Waals surface area contributed by atoms with E-state index in [0.717, 1.165) is 33.6 Å². The number of rotatable bonds is 1. The highest BCUT2D eigenvalue weighted by molar-refractivity contribution is 7.26. The first kappa shape index (κ1) is 21.2. The summed E-state index contributed by atoms with van der Waals surface area (Å²) in [6.07, 6.45) is 6.35. The van der Waals surface area contributed by atoms with Crippen LogP contribution in [0.25, 0.3) is 59.4 Å². The van der Waals surface area contributed by atoms with Crippen molar-refractivity contribution in [1.29, 1.82) is 0 Å². The SMILES string of the molecule is C1=CC(c2ncc3c(n2)-c2cccc4cccc(c24)O3)c2c(ccc3c2sc2ccccc23)-c2ccccc21. The zero-order chi connectivity index (χ0) is 25.5. The van der Waals surface area contributed by atoms with E-state index in [0.29, 0.717) is 5.75 Å². The number of nitrogens with zero attached hydrogens (tertiary/aromatic N) is 2. The van der Waals surface area contributed by atoms with Crippen molar-refractivity contribution in [3.63, 3.8) is 0 Å². The van der Waals surface area contributed by atoms with Crippen molar-refractivity contribution in [2.24, 2.45) is 0 Å². The van der Waals surface area contributed by atoms with Gasteiger partial charge in [0.25, 0.3) is 0 Å². The predicted molar refractivity (Wildman–Crippen MR) is 161 cm³/mol. The number of ether oxygens (including phenoxy) is 1. The molecule has 7 aromatic rings. The van der Waals surface area contributed by atoms with Crippen LogP contribution in [-0.4, -0.2) is 9.97 Å². The Morgan fingerprint density at radius 3 is 2.51 bits per heavy atom. The molecule has 0 amide bonds. The molecule has 0 fully saturated rings. The van der Waals surface area contributed by atoms with E-state index in [2.05, 4.69) is 97.1 Å². The van der Waals surface area contributed by atoms with Gasteiger partial charge in [-0.2, -0.15) is 0 Å². The Hall–Kier alpha value is -4.80. The van der Waals surface area contributed by atoms with E-state index in [1.54, 1.807) is 0 Å². The molecule has 1 atom stereocenters. The van der Waals surface area contributed by atoms with Gasteiger partial charge in [0.15, 0.2) is 5.75 Å². The van der Waals surface area contributed by atoms with Gasteiger partial charge in [0.1, 0.15) is 17.3 Å². The summed E-state index contributed by atoms with van der Waals surface area (Å²) in [5.41, 5.74) is 6.90. The molecule has 0 N–H and O–H groups in total. The van der Waals surface area contributed by atoms with Crippen LogP contribution in [0.5, 0.6) is 11.5 Å². The zero-order valence-corrected chi connectivity index (χ0v) is 21.6. The highest BCUT2D eigenvalue weighted by Crippen LogP contribution is 2.49. The lowest BCUT2D eigenvalue weighted by atomic mass is 9.89. The summed E-state index contributed by atoms with van der Waals surface area (Å²) in [4.78, 5) is 10.2. The molecule has 0 saturated carbocycles. The molecule has 5 aromatic carbocycles. The fourth-order valence-electron chi connectivity index (χ4n) is 6.26. The van der Waals surface area contributed by atoms with Crippen LogP contribution < -0.4 is 4.74 Å². The van der Waals surface area contributed by atoms with Crippen LogP contribution >= 0.6 is 11.3 Å². The normalized spacial score (nSPS) is 15.0. The standard InChI is InChI=1S/C35H20N2OS/c1-2-10-22-20(7-1)15-16-27(32-24(22)17-18-25-23-11-3-4-14-30(23)39-34(25)32)35-36-19-29-33(37-35)26-12-5-8-21-9-6-13-28(38-29)31(21)26/h1-19,27H. The molecule has 1 aliphatic heterocycles. The quantitative estimate of drug-likeness (QED) is 0.218. The Kier molecular flexibility index (Phi) is 4.26. The van der Waals surface area contributed by atoms with Gasteiger partial charge in [0, 0.05) is 31.1 Å². The number of thiophene rings is 1. The molecule has 0 bridgehead atoms. The van der Waals surface area contributed by atoms with Crippen LogP contribution in [0.2, 0.25) is 0 Å². The van der Waals surface area contributed by atoms with Gasteiger partial charge >= 0.3 is 0 Å². The lowest BCUT2D eigenvalue weighted by Crippen LogP contribution is -2.08. The van der Waals surface area contributed by atoms with Gasteiger partial charge in [-0.25, -0.2) is 9.97 Å². The fraction of sp³-hybridized carbons (Fsp3) is 0.0286. The van der Waals surface area contributed by atoms with Gasteiger partial charge in [0.2, 0.25) is 0 Å².